The molecule has 0 atom stereocenters. The number of methoxy groups -OCH3 is 1. The molecule has 0 heterocycles. The van der Waals surface area contributed by atoms with Crippen LogP contribution in [0.4, 0.5) is 0 Å². The van der Waals surface area contributed by atoms with Crippen molar-refractivity contribution in [3.63, 3.8) is 0 Å². The van der Waals surface area contributed by atoms with Gasteiger partial charge in [-0.25, -0.2) is 4.79 Å². The number of carbonyl (C=O) groups excluding carboxylic acids is 1. The SMILES string of the molecule is COC(=O)c1ccccc1COc1ccc(CCCOc2ccc(OCc3ccccc3)cc2)cc1. The van der Waals surface area contributed by atoms with Crippen LogP contribution in [0.3, 0.4) is 0 Å². The van der Waals surface area contributed by atoms with E-state index in [0.29, 0.717) is 25.4 Å². The van der Waals surface area contributed by atoms with Crippen LogP contribution in [-0.4, -0.2) is 19.7 Å². The quantitative estimate of drug-likeness (QED) is 0.167. The summed E-state index contributed by atoms with van der Waals surface area (Å²) in [6.45, 7) is 1.48. The Morgan fingerprint density at radius 2 is 1.19 bits per heavy atom. The zero-order chi connectivity index (χ0) is 25.0. The lowest BCUT2D eigenvalue weighted by molar-refractivity contribution is 0.0597. The lowest BCUT2D eigenvalue weighted by Crippen LogP contribution is -2.07. The second-order valence-corrected chi connectivity index (χ2v) is 8.28. The fourth-order valence-electron chi connectivity index (χ4n) is 3.71. The summed E-state index contributed by atoms with van der Waals surface area (Å²) in [6.07, 6.45) is 1.81. The number of hydrogen-bond donors (Lipinski definition) is 0. The van der Waals surface area contributed by atoms with E-state index in [1.807, 2.05) is 84.9 Å². The van der Waals surface area contributed by atoms with E-state index in [-0.39, 0.29) is 5.97 Å². The Labute approximate surface area is 212 Å². The molecule has 0 unspecified atom stereocenters. The summed E-state index contributed by atoms with van der Waals surface area (Å²) >= 11 is 0. The number of hydrogen-bond acceptors (Lipinski definition) is 5. The van der Waals surface area contributed by atoms with Gasteiger partial charge in [0.15, 0.2) is 0 Å². The van der Waals surface area contributed by atoms with Gasteiger partial charge in [0.05, 0.1) is 19.3 Å². The highest BCUT2D eigenvalue weighted by Gasteiger charge is 2.11. The van der Waals surface area contributed by atoms with Gasteiger partial charge in [-0.05, 0) is 66.4 Å². The number of benzene rings is 4. The van der Waals surface area contributed by atoms with Crippen LogP contribution in [0, 0.1) is 0 Å². The summed E-state index contributed by atoms with van der Waals surface area (Å²) in [5.74, 6) is 2.05. The van der Waals surface area contributed by atoms with Gasteiger partial charge in [0, 0.05) is 5.56 Å². The Hall–Kier alpha value is -4.25. The van der Waals surface area contributed by atoms with Crippen LogP contribution >= 0.6 is 0 Å². The van der Waals surface area contributed by atoms with Crippen LogP contribution in [0.2, 0.25) is 0 Å². The van der Waals surface area contributed by atoms with Crippen LogP contribution in [0.25, 0.3) is 0 Å². The van der Waals surface area contributed by atoms with Crippen molar-refractivity contribution in [1.29, 1.82) is 0 Å². The van der Waals surface area contributed by atoms with E-state index >= 15 is 0 Å². The summed E-state index contributed by atoms with van der Waals surface area (Å²) in [7, 11) is 1.38. The van der Waals surface area contributed by atoms with Crippen LogP contribution in [0.1, 0.15) is 33.5 Å². The maximum atomic E-state index is 11.9. The highest BCUT2D eigenvalue weighted by atomic mass is 16.5. The molecule has 36 heavy (non-hydrogen) atoms. The summed E-state index contributed by atoms with van der Waals surface area (Å²) in [5, 5.41) is 0. The molecular weight excluding hydrogens is 452 g/mol. The minimum absolute atomic E-state index is 0.300. The Morgan fingerprint density at radius 3 is 1.89 bits per heavy atom. The van der Waals surface area contributed by atoms with Crippen LogP contribution in [-0.2, 0) is 24.4 Å². The van der Waals surface area contributed by atoms with E-state index in [1.165, 1.54) is 12.7 Å². The fourth-order valence-corrected chi connectivity index (χ4v) is 3.71. The van der Waals surface area contributed by atoms with Gasteiger partial charge in [0.25, 0.3) is 0 Å². The van der Waals surface area contributed by atoms with Crippen LogP contribution < -0.4 is 14.2 Å². The maximum absolute atomic E-state index is 11.9. The van der Waals surface area contributed by atoms with Gasteiger partial charge >= 0.3 is 5.97 Å². The van der Waals surface area contributed by atoms with E-state index in [1.54, 1.807) is 6.07 Å². The van der Waals surface area contributed by atoms with Gasteiger partial charge in [-0.3, -0.25) is 0 Å². The van der Waals surface area contributed by atoms with E-state index in [4.69, 9.17) is 18.9 Å². The molecule has 0 bridgehead atoms. The zero-order valence-electron chi connectivity index (χ0n) is 20.4. The lowest BCUT2D eigenvalue weighted by Gasteiger charge is -2.11. The monoisotopic (exact) mass is 482 g/mol. The number of esters is 1. The first-order valence-electron chi connectivity index (χ1n) is 12.0. The molecule has 0 saturated heterocycles. The number of carbonyl (C=O) groups is 1. The minimum atomic E-state index is -0.362. The zero-order valence-corrected chi connectivity index (χ0v) is 20.4. The van der Waals surface area contributed by atoms with Gasteiger partial charge in [-0.1, -0.05) is 60.7 Å². The molecule has 5 heteroatoms. The molecule has 0 aliphatic heterocycles. The first-order chi connectivity index (χ1) is 17.7. The molecule has 5 nitrogen and oxygen atoms in total. The highest BCUT2D eigenvalue weighted by molar-refractivity contribution is 5.90. The van der Waals surface area contributed by atoms with Gasteiger partial charge in [0.2, 0.25) is 0 Å². The largest absolute Gasteiger partial charge is 0.494 e. The van der Waals surface area contributed by atoms with Crippen molar-refractivity contribution >= 4 is 5.97 Å². The van der Waals surface area contributed by atoms with Gasteiger partial charge in [0.1, 0.15) is 30.5 Å². The van der Waals surface area contributed by atoms with Gasteiger partial charge in [-0.15, -0.1) is 0 Å². The number of rotatable bonds is 12. The van der Waals surface area contributed by atoms with Crippen molar-refractivity contribution in [3.05, 3.63) is 125 Å². The topological polar surface area (TPSA) is 54.0 Å². The predicted octanol–water partition coefficient (Wildman–Crippen LogP) is 6.64. The maximum Gasteiger partial charge on any atom is 0.338 e. The van der Waals surface area contributed by atoms with Crippen molar-refractivity contribution < 1.29 is 23.7 Å². The van der Waals surface area contributed by atoms with E-state index in [2.05, 4.69) is 12.1 Å². The first-order valence-corrected chi connectivity index (χ1v) is 12.0. The molecule has 0 aromatic heterocycles. The Bertz CT molecular complexity index is 1220. The molecule has 0 aliphatic rings. The van der Waals surface area contributed by atoms with E-state index < -0.39 is 0 Å². The molecule has 184 valence electrons. The third-order valence-electron chi connectivity index (χ3n) is 5.69. The molecule has 0 aliphatic carbocycles. The minimum Gasteiger partial charge on any atom is -0.494 e. The van der Waals surface area contributed by atoms with Crippen molar-refractivity contribution in [3.8, 4) is 17.2 Å². The number of ether oxygens (including phenoxy) is 4. The molecule has 0 saturated carbocycles. The molecule has 4 aromatic carbocycles. The molecule has 0 amide bonds. The standard InChI is InChI=1S/C31H30O5/c1-33-31(32)30-12-6-5-11-26(30)23-36-28-15-13-24(14-16-28)10-7-21-34-27-17-19-29(20-18-27)35-22-25-8-3-2-4-9-25/h2-6,8-9,11-20H,7,10,21-23H2,1H3. The molecule has 4 aromatic rings. The van der Waals surface area contributed by atoms with Crippen molar-refractivity contribution in [2.75, 3.05) is 13.7 Å². The Balaban J connectivity index is 1.17. The average molecular weight is 483 g/mol. The predicted molar refractivity (Wildman–Crippen MR) is 140 cm³/mol. The lowest BCUT2D eigenvalue weighted by atomic mass is 10.1. The summed E-state index contributed by atoms with van der Waals surface area (Å²) in [5.41, 5.74) is 3.67. The second kappa shape index (κ2) is 13.0. The molecule has 0 radical (unpaired) electrons. The van der Waals surface area contributed by atoms with Crippen molar-refractivity contribution in [2.24, 2.45) is 0 Å². The van der Waals surface area contributed by atoms with Gasteiger partial charge in [-0.2, -0.15) is 0 Å². The first kappa shape index (κ1) is 24.9. The van der Waals surface area contributed by atoms with Crippen molar-refractivity contribution in [2.45, 2.75) is 26.1 Å². The molecular formula is C31H30O5. The van der Waals surface area contributed by atoms with Crippen LogP contribution in [0.15, 0.2) is 103 Å². The third-order valence-corrected chi connectivity index (χ3v) is 5.69. The summed E-state index contributed by atoms with van der Waals surface area (Å²) in [4.78, 5) is 11.9. The van der Waals surface area contributed by atoms with Crippen LogP contribution in [0.5, 0.6) is 17.2 Å². The smallest absolute Gasteiger partial charge is 0.338 e. The van der Waals surface area contributed by atoms with Crippen molar-refractivity contribution in [1.82, 2.24) is 0 Å². The molecule has 4 rings (SSSR count). The highest BCUT2D eigenvalue weighted by Crippen LogP contribution is 2.20. The van der Waals surface area contributed by atoms with Gasteiger partial charge < -0.3 is 18.9 Å². The molecule has 0 N–H and O–H groups in total. The van der Waals surface area contributed by atoms with E-state index in [0.717, 1.165) is 41.2 Å². The summed E-state index contributed by atoms with van der Waals surface area (Å²) in [6, 6.07) is 33.1. The molecule has 0 spiro atoms. The second-order valence-electron chi connectivity index (χ2n) is 8.28. The Morgan fingerprint density at radius 1 is 0.611 bits per heavy atom. The molecule has 0 fully saturated rings. The normalized spacial score (nSPS) is 10.5. The number of aryl methyl sites for hydroxylation is 1. The Kier molecular flexibility index (Phi) is 8.98. The average Bonchev–Trinajstić information content (AvgIpc) is 2.94. The van der Waals surface area contributed by atoms with E-state index in [9.17, 15) is 4.79 Å². The summed E-state index contributed by atoms with van der Waals surface area (Å²) < 4.78 is 22.4. The third kappa shape index (κ3) is 7.37. The fraction of sp³-hybridized carbons (Fsp3) is 0.194.